The maximum atomic E-state index is 12.5. The number of rotatable bonds is 10. The number of hydrogen-bond acceptors (Lipinski definition) is 6. The predicted octanol–water partition coefficient (Wildman–Crippen LogP) is 3.45. The minimum Gasteiger partial charge on any atom is -0.484 e. The molecule has 172 valence electrons. The van der Waals surface area contributed by atoms with Crippen LogP contribution < -0.4 is 10.1 Å². The first kappa shape index (κ1) is 23.7. The summed E-state index contributed by atoms with van der Waals surface area (Å²) in [7, 11) is -3.48. The molecule has 0 spiro atoms. The minimum atomic E-state index is -3.48. The van der Waals surface area contributed by atoms with Crippen molar-refractivity contribution in [2.75, 3.05) is 31.6 Å². The van der Waals surface area contributed by atoms with Gasteiger partial charge in [0.25, 0.3) is 5.91 Å². The second-order valence-corrected chi connectivity index (χ2v) is 9.42. The van der Waals surface area contributed by atoms with Crippen molar-refractivity contribution < 1.29 is 27.5 Å². The number of amides is 1. The molecule has 1 aliphatic rings. The van der Waals surface area contributed by atoms with Gasteiger partial charge in [0.15, 0.2) is 6.61 Å². The van der Waals surface area contributed by atoms with Crippen LogP contribution in [0.5, 0.6) is 5.75 Å². The zero-order chi connectivity index (χ0) is 23.0. The normalized spacial score (nSPS) is 14.2. The number of sulfonamides is 1. The van der Waals surface area contributed by atoms with Crippen molar-refractivity contribution in [2.45, 2.75) is 37.5 Å². The van der Waals surface area contributed by atoms with Crippen LogP contribution in [0.3, 0.4) is 0 Å². The van der Waals surface area contributed by atoms with E-state index in [0.717, 1.165) is 25.7 Å². The molecular weight excluding hydrogens is 432 g/mol. The van der Waals surface area contributed by atoms with E-state index >= 15 is 0 Å². The first-order chi connectivity index (χ1) is 15.4. The van der Waals surface area contributed by atoms with Crippen molar-refractivity contribution in [1.82, 2.24) is 4.31 Å². The van der Waals surface area contributed by atoms with E-state index in [1.807, 2.05) is 6.92 Å². The van der Waals surface area contributed by atoms with Gasteiger partial charge in [-0.3, -0.25) is 4.79 Å². The van der Waals surface area contributed by atoms with E-state index in [2.05, 4.69) is 5.32 Å². The van der Waals surface area contributed by atoms with E-state index in [4.69, 9.17) is 9.47 Å². The van der Waals surface area contributed by atoms with Crippen molar-refractivity contribution in [1.29, 1.82) is 0 Å². The number of hydrogen-bond donors (Lipinski definition) is 1. The zero-order valence-electron chi connectivity index (χ0n) is 18.1. The van der Waals surface area contributed by atoms with Crippen LogP contribution >= 0.6 is 0 Å². The van der Waals surface area contributed by atoms with Crippen LogP contribution in [0.4, 0.5) is 5.69 Å². The van der Waals surface area contributed by atoms with Gasteiger partial charge in [-0.05, 0) is 67.8 Å². The predicted molar refractivity (Wildman–Crippen MR) is 120 cm³/mol. The summed E-state index contributed by atoms with van der Waals surface area (Å²) in [5.74, 6) is -0.377. The van der Waals surface area contributed by atoms with Gasteiger partial charge in [-0.1, -0.05) is 13.3 Å². The lowest BCUT2D eigenvalue weighted by atomic mass is 10.2. The van der Waals surface area contributed by atoms with Gasteiger partial charge < -0.3 is 14.8 Å². The lowest BCUT2D eigenvalue weighted by Gasteiger charge is -2.15. The average molecular weight is 461 g/mol. The zero-order valence-corrected chi connectivity index (χ0v) is 18.9. The van der Waals surface area contributed by atoms with Crippen molar-refractivity contribution >= 4 is 27.6 Å². The molecular formula is C23H28N2O6S. The summed E-state index contributed by atoms with van der Waals surface area (Å²) in [4.78, 5) is 24.3. The summed E-state index contributed by atoms with van der Waals surface area (Å²) in [6, 6.07) is 12.5. The number of nitrogens with zero attached hydrogens (tertiary/aromatic N) is 1. The molecule has 9 heteroatoms. The van der Waals surface area contributed by atoms with Gasteiger partial charge in [-0.2, -0.15) is 4.31 Å². The maximum Gasteiger partial charge on any atom is 0.338 e. The SMILES string of the molecule is CCCCOC(=O)c1ccc(NC(=O)COc2ccc(S(=O)(=O)N3CCCC3)cc2)cc1. The minimum absolute atomic E-state index is 0.213. The lowest BCUT2D eigenvalue weighted by molar-refractivity contribution is -0.118. The van der Waals surface area contributed by atoms with Crippen LogP contribution in [-0.4, -0.2) is 50.9 Å². The molecule has 0 atom stereocenters. The molecule has 1 amide bonds. The van der Waals surface area contributed by atoms with Crippen LogP contribution in [0, 0.1) is 0 Å². The third-order valence-electron chi connectivity index (χ3n) is 5.03. The Morgan fingerprint density at radius 3 is 2.28 bits per heavy atom. The topological polar surface area (TPSA) is 102 Å². The van der Waals surface area contributed by atoms with Crippen molar-refractivity contribution in [2.24, 2.45) is 0 Å². The molecule has 32 heavy (non-hydrogen) atoms. The number of carbonyl (C=O) groups is 2. The number of nitrogens with one attached hydrogen (secondary N) is 1. The summed E-state index contributed by atoms with van der Waals surface area (Å²) in [5, 5.41) is 2.68. The van der Waals surface area contributed by atoms with Crippen LogP contribution in [0.1, 0.15) is 43.0 Å². The fourth-order valence-electron chi connectivity index (χ4n) is 3.21. The Kier molecular flexibility index (Phi) is 8.24. The van der Waals surface area contributed by atoms with E-state index in [-0.39, 0.29) is 17.4 Å². The number of ether oxygens (including phenoxy) is 2. The average Bonchev–Trinajstić information content (AvgIpc) is 3.35. The van der Waals surface area contributed by atoms with Crippen LogP contribution in [-0.2, 0) is 19.6 Å². The Balaban J connectivity index is 1.48. The quantitative estimate of drug-likeness (QED) is 0.430. The second-order valence-electron chi connectivity index (χ2n) is 7.49. The molecule has 1 fully saturated rings. The highest BCUT2D eigenvalue weighted by Crippen LogP contribution is 2.23. The molecule has 1 saturated heterocycles. The molecule has 2 aromatic rings. The Morgan fingerprint density at radius 2 is 1.66 bits per heavy atom. The summed E-state index contributed by atoms with van der Waals surface area (Å²) >= 11 is 0. The van der Waals surface area contributed by atoms with Gasteiger partial charge in [-0.15, -0.1) is 0 Å². The van der Waals surface area contributed by atoms with Crippen molar-refractivity contribution in [3.8, 4) is 5.75 Å². The Hall–Kier alpha value is -2.91. The fraction of sp³-hybridized carbons (Fsp3) is 0.391. The summed E-state index contributed by atoms with van der Waals surface area (Å²) < 4.78 is 37.2. The van der Waals surface area contributed by atoms with Crippen LogP contribution in [0.2, 0.25) is 0 Å². The summed E-state index contributed by atoms with van der Waals surface area (Å²) in [5.41, 5.74) is 0.940. The first-order valence-corrected chi connectivity index (χ1v) is 12.1. The number of benzene rings is 2. The standard InChI is InChI=1S/C23H28N2O6S/c1-2-3-16-30-23(27)18-6-8-19(9-7-18)24-22(26)17-31-20-10-12-21(13-11-20)32(28,29)25-14-4-5-15-25/h6-13H,2-5,14-17H2,1H3,(H,24,26). The number of anilines is 1. The second kappa shape index (κ2) is 11.1. The van der Waals surface area contributed by atoms with Crippen molar-refractivity contribution in [3.63, 3.8) is 0 Å². The van der Waals surface area contributed by atoms with Gasteiger partial charge >= 0.3 is 5.97 Å². The fourth-order valence-corrected chi connectivity index (χ4v) is 4.73. The Morgan fingerprint density at radius 1 is 1.00 bits per heavy atom. The van der Waals surface area contributed by atoms with E-state index < -0.39 is 16.0 Å². The third-order valence-corrected chi connectivity index (χ3v) is 6.94. The Bertz CT molecular complexity index is 1010. The molecule has 1 heterocycles. The van der Waals surface area contributed by atoms with Crippen molar-refractivity contribution in [3.05, 3.63) is 54.1 Å². The molecule has 3 rings (SSSR count). The number of unbranched alkanes of at least 4 members (excludes halogenated alkanes) is 1. The van der Waals surface area contributed by atoms with E-state index in [9.17, 15) is 18.0 Å². The van der Waals surface area contributed by atoms with E-state index in [1.54, 1.807) is 24.3 Å². The van der Waals surface area contributed by atoms with Gasteiger partial charge in [0.05, 0.1) is 17.1 Å². The number of carbonyl (C=O) groups excluding carboxylic acids is 2. The molecule has 1 N–H and O–H groups in total. The summed E-state index contributed by atoms with van der Waals surface area (Å²) in [6.45, 7) is 3.25. The molecule has 0 radical (unpaired) electrons. The maximum absolute atomic E-state index is 12.5. The first-order valence-electron chi connectivity index (χ1n) is 10.7. The monoisotopic (exact) mass is 460 g/mol. The molecule has 8 nitrogen and oxygen atoms in total. The number of esters is 1. The molecule has 0 bridgehead atoms. The Labute approximate surface area is 188 Å². The van der Waals surface area contributed by atoms with E-state index in [0.29, 0.717) is 36.7 Å². The molecule has 0 saturated carbocycles. The molecule has 1 aliphatic heterocycles. The smallest absolute Gasteiger partial charge is 0.338 e. The van der Waals surface area contributed by atoms with E-state index in [1.165, 1.54) is 28.6 Å². The highest BCUT2D eigenvalue weighted by molar-refractivity contribution is 7.89. The largest absolute Gasteiger partial charge is 0.484 e. The molecule has 0 aromatic heterocycles. The highest BCUT2D eigenvalue weighted by Gasteiger charge is 2.26. The summed E-state index contributed by atoms with van der Waals surface area (Å²) in [6.07, 6.45) is 3.52. The lowest BCUT2D eigenvalue weighted by Crippen LogP contribution is -2.27. The van der Waals surface area contributed by atoms with Crippen LogP contribution in [0.25, 0.3) is 0 Å². The van der Waals surface area contributed by atoms with Gasteiger partial charge in [0, 0.05) is 18.8 Å². The van der Waals surface area contributed by atoms with Gasteiger partial charge in [-0.25, -0.2) is 13.2 Å². The molecule has 2 aromatic carbocycles. The van der Waals surface area contributed by atoms with Crippen LogP contribution in [0.15, 0.2) is 53.4 Å². The molecule has 0 aliphatic carbocycles. The third kappa shape index (κ3) is 6.30. The molecule has 0 unspecified atom stereocenters. The van der Waals surface area contributed by atoms with Gasteiger partial charge in [0.2, 0.25) is 10.0 Å². The highest BCUT2D eigenvalue weighted by atomic mass is 32.2. The van der Waals surface area contributed by atoms with Gasteiger partial charge in [0.1, 0.15) is 5.75 Å².